The normalized spacial score (nSPS) is 14.9. The molecule has 0 saturated heterocycles. The fourth-order valence-corrected chi connectivity index (χ4v) is 6.90. The molecule has 1 aliphatic heterocycles. The molecule has 44 heavy (non-hydrogen) atoms. The molecule has 0 amide bonds. The number of carbonyl (C=O) groups is 1. The number of rotatable bonds is 8. The van der Waals surface area contributed by atoms with Crippen molar-refractivity contribution >= 4 is 34.3 Å². The standard InChI is InChI=1S/C35H32FN3O4S/c1-5-42-29-17-10-8-15-26(29)32-31(34(41)43-6-2)21(3)37-35-39(32)33(40)30(44-35)19-27-22(4)38(28-16-9-7-14-25(27)28)20-23-12-11-13-24(36)18-23/h7-19,32H,5-6,20H2,1-4H3/b30-19-/t32-/m1/s1. The van der Waals surface area contributed by atoms with E-state index < -0.39 is 12.0 Å². The topological polar surface area (TPSA) is 74.8 Å². The second kappa shape index (κ2) is 12.1. The molecular formula is C35H32FN3O4S. The number of hydrogen-bond donors (Lipinski definition) is 0. The van der Waals surface area contributed by atoms with E-state index in [0.29, 0.717) is 45.1 Å². The van der Waals surface area contributed by atoms with E-state index in [2.05, 4.69) is 4.57 Å². The molecule has 0 fully saturated rings. The molecule has 5 aromatic rings. The van der Waals surface area contributed by atoms with Crippen molar-refractivity contribution in [3.05, 3.63) is 132 Å². The first-order valence-corrected chi connectivity index (χ1v) is 15.4. The molecule has 0 radical (unpaired) electrons. The van der Waals surface area contributed by atoms with E-state index in [9.17, 15) is 14.0 Å². The first-order chi connectivity index (χ1) is 21.3. The van der Waals surface area contributed by atoms with E-state index in [0.717, 1.165) is 27.7 Å². The fourth-order valence-electron chi connectivity index (χ4n) is 5.87. The van der Waals surface area contributed by atoms with Gasteiger partial charge in [0.15, 0.2) is 4.80 Å². The first kappa shape index (κ1) is 29.3. The van der Waals surface area contributed by atoms with Crippen LogP contribution in [-0.2, 0) is 16.1 Å². The Balaban J connectivity index is 1.56. The lowest BCUT2D eigenvalue weighted by molar-refractivity contribution is -0.139. The first-order valence-electron chi connectivity index (χ1n) is 14.6. The number of nitrogens with zero attached hydrogens (tertiary/aromatic N) is 3. The summed E-state index contributed by atoms with van der Waals surface area (Å²) in [4.78, 5) is 32.8. The zero-order valence-electron chi connectivity index (χ0n) is 25.0. The van der Waals surface area contributed by atoms with Gasteiger partial charge in [-0.25, -0.2) is 14.2 Å². The number of thiazole rings is 1. The van der Waals surface area contributed by atoms with Crippen molar-refractivity contribution in [1.29, 1.82) is 0 Å². The number of hydrogen-bond acceptors (Lipinski definition) is 6. The molecule has 224 valence electrons. The zero-order valence-corrected chi connectivity index (χ0v) is 25.8. The number of carbonyl (C=O) groups excluding carboxylic acids is 1. The Morgan fingerprint density at radius 2 is 1.80 bits per heavy atom. The van der Waals surface area contributed by atoms with E-state index in [1.807, 2.05) is 74.5 Å². The van der Waals surface area contributed by atoms with Crippen molar-refractivity contribution in [2.75, 3.05) is 13.2 Å². The number of fused-ring (bicyclic) bond motifs is 2. The SMILES string of the molecule is CCOC(=O)C1=C(C)N=c2s/c(=C\c3c(C)n(Cc4cccc(F)c4)c4ccccc34)c(=O)n2[C@@H]1c1ccccc1OCC. The van der Waals surface area contributed by atoms with Crippen LogP contribution in [0.3, 0.4) is 0 Å². The lowest BCUT2D eigenvalue weighted by Gasteiger charge is -2.26. The van der Waals surface area contributed by atoms with E-state index >= 15 is 0 Å². The number of para-hydroxylation sites is 2. The highest BCUT2D eigenvalue weighted by Crippen LogP contribution is 2.36. The molecule has 2 aromatic heterocycles. The number of esters is 1. The second-order valence-electron chi connectivity index (χ2n) is 10.5. The van der Waals surface area contributed by atoms with Crippen LogP contribution in [0.1, 0.15) is 49.2 Å². The van der Waals surface area contributed by atoms with Crippen LogP contribution < -0.4 is 19.6 Å². The molecule has 3 aromatic carbocycles. The molecule has 6 rings (SSSR count). The minimum absolute atomic E-state index is 0.193. The van der Waals surface area contributed by atoms with Gasteiger partial charge in [0.1, 0.15) is 17.6 Å². The molecule has 0 spiro atoms. The highest BCUT2D eigenvalue weighted by molar-refractivity contribution is 7.07. The third-order valence-corrected chi connectivity index (χ3v) is 8.80. The van der Waals surface area contributed by atoms with Crippen molar-refractivity contribution in [1.82, 2.24) is 9.13 Å². The molecule has 9 heteroatoms. The van der Waals surface area contributed by atoms with Crippen LogP contribution in [0.15, 0.2) is 93.9 Å². The number of benzene rings is 3. The van der Waals surface area contributed by atoms with Crippen LogP contribution in [0.2, 0.25) is 0 Å². The van der Waals surface area contributed by atoms with Gasteiger partial charge in [0.2, 0.25) is 0 Å². The molecule has 0 unspecified atom stereocenters. The van der Waals surface area contributed by atoms with Gasteiger partial charge in [0.25, 0.3) is 5.56 Å². The Labute approximate surface area is 257 Å². The van der Waals surface area contributed by atoms with E-state index in [-0.39, 0.29) is 18.0 Å². The van der Waals surface area contributed by atoms with Crippen molar-refractivity contribution in [2.24, 2.45) is 4.99 Å². The maximum absolute atomic E-state index is 14.3. The second-order valence-corrected chi connectivity index (χ2v) is 11.5. The van der Waals surface area contributed by atoms with Gasteiger partial charge < -0.3 is 14.0 Å². The fraction of sp³-hybridized carbons (Fsp3) is 0.229. The van der Waals surface area contributed by atoms with Crippen molar-refractivity contribution in [3.8, 4) is 5.75 Å². The molecule has 0 saturated carbocycles. The Hall–Kier alpha value is -4.76. The minimum Gasteiger partial charge on any atom is -0.494 e. The summed E-state index contributed by atoms with van der Waals surface area (Å²) in [5, 5.41) is 0.980. The van der Waals surface area contributed by atoms with Gasteiger partial charge in [-0.2, -0.15) is 0 Å². The monoisotopic (exact) mass is 609 g/mol. The Morgan fingerprint density at radius 1 is 1.02 bits per heavy atom. The molecular weight excluding hydrogens is 577 g/mol. The summed E-state index contributed by atoms with van der Waals surface area (Å²) in [6.45, 7) is 8.52. The average Bonchev–Trinajstić information content (AvgIpc) is 3.45. The minimum atomic E-state index is -0.773. The summed E-state index contributed by atoms with van der Waals surface area (Å²) in [7, 11) is 0. The van der Waals surface area contributed by atoms with Gasteiger partial charge in [0.05, 0.1) is 29.0 Å². The number of ether oxygens (including phenoxy) is 2. The smallest absolute Gasteiger partial charge is 0.338 e. The number of halogens is 1. The molecule has 0 N–H and O–H groups in total. The Morgan fingerprint density at radius 3 is 2.57 bits per heavy atom. The molecule has 1 aliphatic rings. The third kappa shape index (κ3) is 5.17. The van der Waals surface area contributed by atoms with Gasteiger partial charge in [-0.1, -0.05) is 59.9 Å². The molecule has 3 heterocycles. The number of aromatic nitrogens is 2. The van der Waals surface area contributed by atoms with Gasteiger partial charge in [-0.15, -0.1) is 0 Å². The molecule has 0 aliphatic carbocycles. The predicted molar refractivity (Wildman–Crippen MR) is 170 cm³/mol. The quantitative estimate of drug-likeness (QED) is 0.213. The van der Waals surface area contributed by atoms with Crippen molar-refractivity contribution in [2.45, 2.75) is 40.3 Å². The lowest BCUT2D eigenvalue weighted by atomic mass is 9.95. The van der Waals surface area contributed by atoms with Crippen LogP contribution in [0.25, 0.3) is 17.0 Å². The van der Waals surface area contributed by atoms with E-state index in [1.165, 1.54) is 23.5 Å². The summed E-state index contributed by atoms with van der Waals surface area (Å²) < 4.78 is 29.6. The summed E-state index contributed by atoms with van der Waals surface area (Å²) in [5.74, 6) is -0.214. The van der Waals surface area contributed by atoms with Gasteiger partial charge >= 0.3 is 5.97 Å². The molecule has 7 nitrogen and oxygen atoms in total. The number of allylic oxidation sites excluding steroid dienone is 1. The molecule has 0 bridgehead atoms. The van der Waals surface area contributed by atoms with Crippen molar-refractivity contribution in [3.63, 3.8) is 0 Å². The average molecular weight is 610 g/mol. The Bertz CT molecular complexity index is 2120. The highest BCUT2D eigenvalue weighted by atomic mass is 32.1. The van der Waals surface area contributed by atoms with Crippen LogP contribution in [0, 0.1) is 12.7 Å². The van der Waals surface area contributed by atoms with Crippen LogP contribution in [0.4, 0.5) is 4.39 Å². The predicted octanol–water partition coefficient (Wildman–Crippen LogP) is 5.65. The largest absolute Gasteiger partial charge is 0.494 e. The van der Waals surface area contributed by atoms with Crippen LogP contribution in [-0.4, -0.2) is 28.3 Å². The van der Waals surface area contributed by atoms with Crippen LogP contribution in [0.5, 0.6) is 5.75 Å². The highest BCUT2D eigenvalue weighted by Gasteiger charge is 2.35. The van der Waals surface area contributed by atoms with Gasteiger partial charge in [0, 0.05) is 34.3 Å². The van der Waals surface area contributed by atoms with Gasteiger partial charge in [-0.05, 0) is 63.6 Å². The van der Waals surface area contributed by atoms with Crippen molar-refractivity contribution < 1.29 is 18.7 Å². The van der Waals surface area contributed by atoms with Crippen LogP contribution >= 0.6 is 11.3 Å². The summed E-state index contributed by atoms with van der Waals surface area (Å²) >= 11 is 1.28. The zero-order chi connectivity index (χ0) is 31.0. The summed E-state index contributed by atoms with van der Waals surface area (Å²) in [6.07, 6.45) is 1.90. The maximum Gasteiger partial charge on any atom is 0.338 e. The lowest BCUT2D eigenvalue weighted by Crippen LogP contribution is -2.40. The summed E-state index contributed by atoms with van der Waals surface area (Å²) in [6, 6.07) is 21.2. The Kier molecular flexibility index (Phi) is 8.05. The van der Waals surface area contributed by atoms with E-state index in [4.69, 9.17) is 14.5 Å². The third-order valence-electron chi connectivity index (χ3n) is 7.82. The summed E-state index contributed by atoms with van der Waals surface area (Å²) in [5.41, 5.74) is 4.89. The van der Waals surface area contributed by atoms with E-state index in [1.54, 1.807) is 24.5 Å². The molecule has 1 atom stereocenters. The maximum atomic E-state index is 14.3. The van der Waals surface area contributed by atoms with Gasteiger partial charge in [-0.3, -0.25) is 9.36 Å².